The molecule has 0 heterocycles. The summed E-state index contributed by atoms with van der Waals surface area (Å²) in [4.78, 5) is 21.5. The first-order chi connectivity index (χ1) is 5.48. The molecule has 9 heteroatoms. The Hall–Kier alpha value is 0.260. The van der Waals surface area contributed by atoms with Crippen molar-refractivity contribution < 1.29 is 28.1 Å². The summed E-state index contributed by atoms with van der Waals surface area (Å²) in [6.07, 6.45) is -0.516. The first kappa shape index (κ1) is 12.3. The molecule has 0 rings (SSSR count). The zero-order valence-electron chi connectivity index (χ0n) is 6.39. The Morgan fingerprint density at radius 3 is 2.67 bits per heavy atom. The van der Waals surface area contributed by atoms with E-state index in [0.29, 0.717) is 6.61 Å². The van der Waals surface area contributed by atoms with Crippen molar-refractivity contribution in [3.63, 3.8) is 0 Å². The number of hydrogen-bond acceptors (Lipinski definition) is 5. The van der Waals surface area contributed by atoms with Crippen molar-refractivity contribution in [2.24, 2.45) is 0 Å². The van der Waals surface area contributed by atoms with Gasteiger partial charge in [0.25, 0.3) is 0 Å². The first-order valence-electron chi connectivity index (χ1n) is 3.07. The van der Waals surface area contributed by atoms with Gasteiger partial charge in [-0.25, -0.2) is 4.31 Å². The highest BCUT2D eigenvalue weighted by atomic mass is 31.2. The Labute approximate surface area is 70.1 Å². The maximum absolute atomic E-state index is 10.8. The van der Waals surface area contributed by atoms with Crippen LogP contribution in [0.5, 0.6) is 0 Å². The van der Waals surface area contributed by atoms with Crippen LogP contribution in [0.4, 0.5) is 0 Å². The van der Waals surface area contributed by atoms with E-state index in [-0.39, 0.29) is 0 Å². The van der Waals surface area contributed by atoms with Crippen molar-refractivity contribution >= 4 is 15.9 Å². The fraction of sp³-hybridized carbons (Fsp3) is 1.00. The van der Waals surface area contributed by atoms with Crippen LogP contribution in [0, 0.1) is 0 Å². The summed E-state index contributed by atoms with van der Waals surface area (Å²) in [5.41, 5.74) is 2.11. The lowest BCUT2D eigenvalue weighted by molar-refractivity contribution is 0.0597. The van der Waals surface area contributed by atoms with Crippen molar-refractivity contribution in [1.82, 2.24) is 5.48 Å². The second-order valence-corrected chi connectivity index (χ2v) is 4.58. The molecule has 0 fully saturated rings. The van der Waals surface area contributed by atoms with Gasteiger partial charge in [-0.1, -0.05) is 0 Å². The summed E-state index contributed by atoms with van der Waals surface area (Å²) in [6, 6.07) is 0. The van der Waals surface area contributed by atoms with Crippen molar-refractivity contribution in [1.29, 1.82) is 0 Å². The van der Waals surface area contributed by atoms with E-state index in [0.717, 1.165) is 0 Å². The fourth-order valence-electron chi connectivity index (χ4n) is 0.384. The lowest BCUT2D eigenvalue weighted by atomic mass is 10.9. The zero-order chi connectivity index (χ0) is 9.61. The number of hydroxylamine groups is 1. The molecule has 0 spiro atoms. The Morgan fingerprint density at radius 1 is 1.67 bits per heavy atom. The van der Waals surface area contributed by atoms with Gasteiger partial charge in [-0.2, -0.15) is 5.48 Å². The third kappa shape index (κ3) is 6.94. The lowest BCUT2D eigenvalue weighted by Gasteiger charge is -2.09. The molecule has 0 radical (unpaired) electrons. The third-order valence-electron chi connectivity index (χ3n) is 0.731. The normalized spacial score (nSPS) is 18.6. The SMILES string of the molecule is CCONCP(=O)(O)O[PH](=O)O. The molecule has 0 amide bonds. The monoisotopic (exact) mass is 219 g/mol. The summed E-state index contributed by atoms with van der Waals surface area (Å²) in [5, 5.41) is 0. The van der Waals surface area contributed by atoms with Crippen LogP contribution in [0.1, 0.15) is 6.92 Å². The summed E-state index contributed by atoms with van der Waals surface area (Å²) < 4.78 is 24.6. The lowest BCUT2D eigenvalue weighted by Crippen LogP contribution is -2.16. The summed E-state index contributed by atoms with van der Waals surface area (Å²) in [7, 11) is -7.42. The Kier molecular flexibility index (Phi) is 5.96. The quantitative estimate of drug-likeness (QED) is 0.329. The molecule has 0 aromatic heterocycles. The molecule has 0 bridgehead atoms. The van der Waals surface area contributed by atoms with Crippen molar-refractivity contribution in [3.8, 4) is 0 Å². The second-order valence-electron chi connectivity index (χ2n) is 1.73. The number of nitrogens with one attached hydrogen (secondary N) is 1. The highest BCUT2D eigenvalue weighted by molar-refractivity contribution is 7.59. The van der Waals surface area contributed by atoms with E-state index in [4.69, 9.17) is 9.79 Å². The summed E-state index contributed by atoms with van der Waals surface area (Å²) >= 11 is 0. The van der Waals surface area contributed by atoms with Gasteiger partial charge in [0.2, 0.25) is 0 Å². The highest BCUT2D eigenvalue weighted by Gasteiger charge is 2.21. The topological polar surface area (TPSA) is 105 Å². The van der Waals surface area contributed by atoms with E-state index < -0.39 is 22.1 Å². The fourth-order valence-corrected chi connectivity index (χ4v) is 1.87. The third-order valence-corrected chi connectivity index (χ3v) is 3.03. The van der Waals surface area contributed by atoms with Crippen LogP contribution in [-0.4, -0.2) is 22.7 Å². The highest BCUT2D eigenvalue weighted by Crippen LogP contribution is 2.48. The van der Waals surface area contributed by atoms with Crippen molar-refractivity contribution in [2.45, 2.75) is 6.92 Å². The standard InChI is InChI=1S/C3H11NO6P2/c1-2-9-4-3-12(7,8)10-11(5)6/h4,11H,2-3H2,1H3,(H,5,6)(H,7,8). The van der Waals surface area contributed by atoms with Gasteiger partial charge >= 0.3 is 15.9 Å². The van der Waals surface area contributed by atoms with Gasteiger partial charge in [0.05, 0.1) is 6.61 Å². The molecule has 0 aliphatic heterocycles. The molecular formula is C3H11NO6P2. The molecule has 0 aliphatic rings. The molecule has 2 atom stereocenters. The largest absolute Gasteiger partial charge is 0.351 e. The van der Waals surface area contributed by atoms with Gasteiger partial charge in [-0.3, -0.25) is 9.13 Å². The minimum Gasteiger partial charge on any atom is -0.326 e. The van der Waals surface area contributed by atoms with Gasteiger partial charge in [0.15, 0.2) is 0 Å². The number of hydrogen-bond donors (Lipinski definition) is 3. The van der Waals surface area contributed by atoms with Crippen LogP contribution >= 0.6 is 15.9 Å². The van der Waals surface area contributed by atoms with E-state index in [2.05, 4.69) is 14.6 Å². The van der Waals surface area contributed by atoms with Crippen LogP contribution < -0.4 is 5.48 Å². The molecule has 2 unspecified atom stereocenters. The smallest absolute Gasteiger partial charge is 0.326 e. The Bertz CT molecular complexity index is 195. The Balaban J connectivity index is 3.72. The maximum atomic E-state index is 10.8. The minimum absolute atomic E-state index is 0.314. The number of rotatable bonds is 6. The Morgan fingerprint density at radius 2 is 2.25 bits per heavy atom. The van der Waals surface area contributed by atoms with Crippen LogP contribution in [0.3, 0.4) is 0 Å². The van der Waals surface area contributed by atoms with Gasteiger partial charge in [-0.15, -0.1) is 0 Å². The van der Waals surface area contributed by atoms with Crippen molar-refractivity contribution in [3.05, 3.63) is 0 Å². The second kappa shape index (κ2) is 5.83. The molecule has 0 aliphatic carbocycles. The van der Waals surface area contributed by atoms with E-state index >= 15 is 0 Å². The van der Waals surface area contributed by atoms with E-state index in [1.54, 1.807) is 6.92 Å². The predicted molar refractivity (Wildman–Crippen MR) is 41.8 cm³/mol. The summed E-state index contributed by atoms with van der Waals surface area (Å²) in [5.74, 6) is 0. The molecule has 74 valence electrons. The summed E-state index contributed by atoms with van der Waals surface area (Å²) in [6.45, 7) is 1.99. The molecule has 7 nitrogen and oxygen atoms in total. The van der Waals surface area contributed by atoms with Crippen LogP contribution in [-0.2, 0) is 18.3 Å². The zero-order valence-corrected chi connectivity index (χ0v) is 8.28. The van der Waals surface area contributed by atoms with E-state index in [1.807, 2.05) is 0 Å². The molecule has 12 heavy (non-hydrogen) atoms. The molecule has 3 N–H and O–H groups in total. The predicted octanol–water partition coefficient (Wildman–Crippen LogP) is 0.0690. The molecule has 0 aromatic carbocycles. The molecule has 0 saturated heterocycles. The molecular weight excluding hydrogens is 208 g/mol. The van der Waals surface area contributed by atoms with Crippen molar-refractivity contribution in [2.75, 3.05) is 12.9 Å². The van der Waals surface area contributed by atoms with Gasteiger partial charge in [0.1, 0.15) is 6.29 Å². The first-order valence-corrected chi connectivity index (χ1v) is 6.09. The van der Waals surface area contributed by atoms with Gasteiger partial charge < -0.3 is 14.6 Å². The van der Waals surface area contributed by atoms with Crippen LogP contribution in [0.2, 0.25) is 0 Å². The van der Waals surface area contributed by atoms with Gasteiger partial charge in [0, 0.05) is 0 Å². The average molecular weight is 219 g/mol. The van der Waals surface area contributed by atoms with E-state index in [9.17, 15) is 9.13 Å². The molecule has 0 aromatic rings. The molecule has 0 saturated carbocycles. The van der Waals surface area contributed by atoms with E-state index in [1.165, 1.54) is 0 Å². The minimum atomic E-state index is -4.03. The average Bonchev–Trinajstić information content (AvgIpc) is 1.84. The van der Waals surface area contributed by atoms with Crippen LogP contribution in [0.15, 0.2) is 0 Å². The van der Waals surface area contributed by atoms with Gasteiger partial charge in [-0.05, 0) is 6.92 Å². The maximum Gasteiger partial charge on any atom is 0.351 e. The van der Waals surface area contributed by atoms with Crippen LogP contribution in [0.25, 0.3) is 0 Å².